The lowest BCUT2D eigenvalue weighted by molar-refractivity contribution is 0.0306. The molecule has 0 amide bonds. The SMILES string of the molecule is COc1ccc(C2CC(c3ccc(OC)cc3)[O][AlH][O]2)cc1. The lowest BCUT2D eigenvalue weighted by Gasteiger charge is -2.31. The Bertz CT molecular complexity index is 544. The van der Waals surface area contributed by atoms with Crippen molar-refractivity contribution in [2.45, 2.75) is 18.6 Å². The van der Waals surface area contributed by atoms with Gasteiger partial charge < -0.3 is 17.1 Å². The minimum atomic E-state index is -0.966. The summed E-state index contributed by atoms with van der Waals surface area (Å²) in [5.41, 5.74) is 2.35. The van der Waals surface area contributed by atoms with Gasteiger partial charge >= 0.3 is 15.9 Å². The summed E-state index contributed by atoms with van der Waals surface area (Å²) in [6.45, 7) is 0. The second-order valence-electron chi connectivity index (χ2n) is 5.21. The smallest absolute Gasteiger partial charge is 0.497 e. The van der Waals surface area contributed by atoms with Gasteiger partial charge in [0.25, 0.3) is 0 Å². The molecule has 1 saturated heterocycles. The summed E-state index contributed by atoms with van der Waals surface area (Å²) < 4.78 is 22.2. The van der Waals surface area contributed by atoms with Gasteiger partial charge in [-0.25, -0.2) is 0 Å². The highest BCUT2D eigenvalue weighted by Crippen LogP contribution is 2.36. The average molecular weight is 314 g/mol. The van der Waals surface area contributed by atoms with Crippen molar-refractivity contribution in [2.75, 3.05) is 14.2 Å². The van der Waals surface area contributed by atoms with E-state index in [1.165, 1.54) is 11.1 Å². The molecule has 0 N–H and O–H groups in total. The third-order valence-corrected chi connectivity index (χ3v) is 5.02. The first kappa shape index (κ1) is 15.4. The molecule has 0 aliphatic carbocycles. The Morgan fingerprint density at radius 1 is 0.773 bits per heavy atom. The zero-order valence-corrected chi connectivity index (χ0v) is 14.2. The minimum absolute atomic E-state index is 0.0958. The van der Waals surface area contributed by atoms with Crippen LogP contribution in [-0.2, 0) is 7.58 Å². The summed E-state index contributed by atoms with van der Waals surface area (Å²) >= 11 is -0.966. The van der Waals surface area contributed by atoms with Gasteiger partial charge in [-0.15, -0.1) is 0 Å². The van der Waals surface area contributed by atoms with E-state index in [1.54, 1.807) is 14.2 Å². The molecule has 2 aromatic carbocycles. The lowest BCUT2D eigenvalue weighted by atomic mass is 9.98. The van der Waals surface area contributed by atoms with Crippen molar-refractivity contribution in [1.82, 2.24) is 0 Å². The highest BCUT2D eigenvalue weighted by atomic mass is 27.2. The summed E-state index contributed by atoms with van der Waals surface area (Å²) in [6, 6.07) is 16.1. The van der Waals surface area contributed by atoms with E-state index in [1.807, 2.05) is 24.3 Å². The summed E-state index contributed by atoms with van der Waals surface area (Å²) in [5, 5.41) is 0. The maximum absolute atomic E-state index is 5.89. The van der Waals surface area contributed by atoms with E-state index in [9.17, 15) is 0 Å². The molecule has 0 saturated carbocycles. The summed E-state index contributed by atoms with van der Waals surface area (Å²) in [4.78, 5) is 0. The summed E-state index contributed by atoms with van der Waals surface area (Å²) in [6.07, 6.45) is 1.02. The average Bonchev–Trinajstić information content (AvgIpc) is 2.62. The predicted octanol–water partition coefficient (Wildman–Crippen LogP) is 3.19. The summed E-state index contributed by atoms with van der Waals surface area (Å²) in [7, 11) is 3.35. The molecule has 114 valence electrons. The fraction of sp³-hybridized carbons (Fsp3) is 0.294. The van der Waals surface area contributed by atoms with Crippen LogP contribution in [0, 0.1) is 0 Å². The third kappa shape index (κ3) is 3.45. The van der Waals surface area contributed by atoms with Crippen LogP contribution in [0.15, 0.2) is 48.5 Å². The second kappa shape index (κ2) is 7.17. The van der Waals surface area contributed by atoms with Crippen LogP contribution >= 0.6 is 0 Å². The maximum atomic E-state index is 5.89. The monoisotopic (exact) mass is 314 g/mol. The van der Waals surface area contributed by atoms with Crippen LogP contribution in [-0.4, -0.2) is 30.1 Å². The van der Waals surface area contributed by atoms with Crippen molar-refractivity contribution in [3.05, 3.63) is 59.7 Å². The van der Waals surface area contributed by atoms with E-state index < -0.39 is 15.9 Å². The Labute approximate surface area is 137 Å². The van der Waals surface area contributed by atoms with Crippen molar-refractivity contribution >= 4 is 15.9 Å². The molecule has 0 spiro atoms. The molecular weight excluding hydrogens is 295 g/mol. The maximum Gasteiger partial charge on any atom is 0.650 e. The van der Waals surface area contributed by atoms with Gasteiger partial charge in [-0.1, -0.05) is 24.3 Å². The number of benzene rings is 2. The van der Waals surface area contributed by atoms with Crippen LogP contribution in [0.3, 0.4) is 0 Å². The molecule has 22 heavy (non-hydrogen) atoms. The van der Waals surface area contributed by atoms with E-state index in [0.717, 1.165) is 17.9 Å². The van der Waals surface area contributed by atoms with Crippen molar-refractivity contribution in [3.63, 3.8) is 0 Å². The Morgan fingerprint density at radius 3 is 1.55 bits per heavy atom. The number of ether oxygens (including phenoxy) is 2. The van der Waals surface area contributed by atoms with Crippen LogP contribution in [0.5, 0.6) is 11.5 Å². The molecule has 2 atom stereocenters. The van der Waals surface area contributed by atoms with Crippen molar-refractivity contribution in [1.29, 1.82) is 0 Å². The largest absolute Gasteiger partial charge is 0.650 e. The van der Waals surface area contributed by atoms with Gasteiger partial charge in [0.15, 0.2) is 0 Å². The molecule has 1 fully saturated rings. The molecule has 0 radical (unpaired) electrons. The second-order valence-corrected chi connectivity index (χ2v) is 6.11. The van der Waals surface area contributed by atoms with Gasteiger partial charge in [0.2, 0.25) is 0 Å². The predicted molar refractivity (Wildman–Crippen MR) is 85.4 cm³/mol. The van der Waals surface area contributed by atoms with Gasteiger partial charge in [-0.05, 0) is 35.4 Å². The normalized spacial score (nSPS) is 21.0. The molecule has 1 aliphatic rings. The van der Waals surface area contributed by atoms with Crippen LogP contribution in [0.25, 0.3) is 0 Å². The molecule has 1 heterocycles. The topological polar surface area (TPSA) is 36.9 Å². The highest BCUT2D eigenvalue weighted by Gasteiger charge is 2.27. The lowest BCUT2D eigenvalue weighted by Crippen LogP contribution is -2.23. The van der Waals surface area contributed by atoms with Crippen molar-refractivity contribution in [2.24, 2.45) is 0 Å². The van der Waals surface area contributed by atoms with Gasteiger partial charge in [0, 0.05) is 6.42 Å². The number of rotatable bonds is 4. The van der Waals surface area contributed by atoms with E-state index in [0.29, 0.717) is 0 Å². The first-order chi connectivity index (χ1) is 10.8. The first-order valence-corrected chi connectivity index (χ1v) is 8.46. The van der Waals surface area contributed by atoms with E-state index >= 15 is 0 Å². The summed E-state index contributed by atoms with van der Waals surface area (Å²) in [5.74, 6) is 1.72. The molecule has 4 nitrogen and oxygen atoms in total. The zero-order valence-electron chi connectivity index (χ0n) is 12.8. The van der Waals surface area contributed by atoms with Crippen LogP contribution < -0.4 is 9.47 Å². The Morgan fingerprint density at radius 2 is 1.18 bits per heavy atom. The van der Waals surface area contributed by atoms with Gasteiger partial charge in [0.1, 0.15) is 11.5 Å². The molecule has 0 aromatic heterocycles. The van der Waals surface area contributed by atoms with Crippen LogP contribution in [0.1, 0.15) is 29.8 Å². The highest BCUT2D eigenvalue weighted by molar-refractivity contribution is 6.18. The number of hydrogen-bond donors (Lipinski definition) is 0. The quantitative estimate of drug-likeness (QED) is 0.812. The van der Waals surface area contributed by atoms with Crippen LogP contribution in [0.2, 0.25) is 0 Å². The first-order valence-electron chi connectivity index (χ1n) is 7.31. The van der Waals surface area contributed by atoms with E-state index in [4.69, 9.17) is 17.1 Å². The van der Waals surface area contributed by atoms with Crippen LogP contribution in [0.4, 0.5) is 0 Å². The molecule has 5 heteroatoms. The molecule has 0 bridgehead atoms. The Balaban J connectivity index is 1.72. The van der Waals surface area contributed by atoms with Gasteiger partial charge in [-0.2, -0.15) is 0 Å². The fourth-order valence-corrected chi connectivity index (χ4v) is 3.70. The standard InChI is InChI=1S/C17H18O4.Al.H/c1-20-14-7-3-12(4-8-14)16(18)11-17(19)13-5-9-15(21-2)10-6-13;;/h3-10,16-17H,11H2,1-2H3;;/q-2;+2;. The minimum Gasteiger partial charge on any atom is -0.497 e. The molecule has 2 aromatic rings. The third-order valence-electron chi connectivity index (χ3n) is 3.94. The van der Waals surface area contributed by atoms with Crippen molar-refractivity contribution in [3.8, 4) is 11.5 Å². The Kier molecular flexibility index (Phi) is 5.02. The molecule has 3 rings (SSSR count). The molecular formula is C17H19AlO4. The molecule has 1 aliphatic heterocycles. The number of methoxy groups -OCH3 is 2. The Hall–Kier alpha value is -1.51. The fourth-order valence-electron chi connectivity index (χ4n) is 2.64. The van der Waals surface area contributed by atoms with Gasteiger partial charge in [-0.3, -0.25) is 0 Å². The van der Waals surface area contributed by atoms with E-state index in [-0.39, 0.29) is 12.2 Å². The van der Waals surface area contributed by atoms with E-state index in [2.05, 4.69) is 24.3 Å². The molecule has 2 unspecified atom stereocenters. The number of hydrogen-bond acceptors (Lipinski definition) is 4. The van der Waals surface area contributed by atoms with Gasteiger partial charge in [0.05, 0.1) is 26.4 Å². The zero-order chi connectivity index (χ0) is 15.4. The van der Waals surface area contributed by atoms with Crippen molar-refractivity contribution < 1.29 is 17.1 Å².